The number of hydrogen-bond acceptors (Lipinski definition) is 11. The molecule has 10 nitrogen and oxygen atoms in total. The summed E-state index contributed by atoms with van der Waals surface area (Å²) in [5, 5.41) is 8.16. The average molecular weight is 517 g/mol. The third kappa shape index (κ3) is 6.63. The molecule has 1 saturated carbocycles. The summed E-state index contributed by atoms with van der Waals surface area (Å²) in [6, 6.07) is 11.2. The number of carbonyl (C=O) groups excluding carboxylic acids is 1. The second-order valence-electron chi connectivity index (χ2n) is 9.02. The van der Waals surface area contributed by atoms with Crippen molar-refractivity contribution in [2.24, 2.45) is 11.7 Å². The van der Waals surface area contributed by atoms with Crippen LogP contribution < -0.4 is 16.4 Å². The van der Waals surface area contributed by atoms with Crippen molar-refractivity contribution < 1.29 is 9.53 Å². The molecule has 0 bridgehead atoms. The first-order valence-electron chi connectivity index (χ1n) is 12.2. The molecule has 4 aromatic heterocycles. The number of pyridine rings is 1. The van der Waals surface area contributed by atoms with Gasteiger partial charge in [0.1, 0.15) is 22.2 Å². The molecule has 5 rings (SSSR count). The van der Waals surface area contributed by atoms with Crippen molar-refractivity contribution in [3.05, 3.63) is 64.7 Å². The molecular formula is C26H28N8O2S. The monoisotopic (exact) mass is 516 g/mol. The number of rotatable bonds is 8. The average Bonchev–Trinajstić information content (AvgIpc) is 3.37. The van der Waals surface area contributed by atoms with Gasteiger partial charge in [0, 0.05) is 29.5 Å². The largest absolute Gasteiger partial charge is 0.461 e. The van der Waals surface area contributed by atoms with Gasteiger partial charge in [-0.1, -0.05) is 6.07 Å². The number of aromatic nitrogens is 5. The van der Waals surface area contributed by atoms with E-state index in [1.165, 1.54) is 11.3 Å². The van der Waals surface area contributed by atoms with Crippen LogP contribution in [-0.4, -0.2) is 43.5 Å². The summed E-state index contributed by atoms with van der Waals surface area (Å²) >= 11 is 1.32. The van der Waals surface area contributed by atoms with E-state index in [1.807, 2.05) is 30.5 Å². The van der Waals surface area contributed by atoms with E-state index in [4.69, 9.17) is 10.5 Å². The number of nitrogens with zero attached hydrogens (tertiary/aromatic N) is 5. The van der Waals surface area contributed by atoms with E-state index in [1.54, 1.807) is 30.6 Å². The number of thiophene rings is 1. The summed E-state index contributed by atoms with van der Waals surface area (Å²) in [7, 11) is 0. The lowest BCUT2D eigenvalue weighted by Crippen LogP contribution is -2.28. The molecule has 1 aliphatic carbocycles. The fraction of sp³-hybridized carbons (Fsp3) is 0.308. The van der Waals surface area contributed by atoms with E-state index in [0.29, 0.717) is 52.2 Å². The normalized spacial score (nSPS) is 17.2. The Hall–Kier alpha value is -3.96. The molecule has 0 unspecified atom stereocenters. The molecule has 4 aromatic rings. The fourth-order valence-electron chi connectivity index (χ4n) is 4.10. The van der Waals surface area contributed by atoms with E-state index < -0.39 is 0 Å². The van der Waals surface area contributed by atoms with Crippen molar-refractivity contribution in [1.82, 2.24) is 24.9 Å². The van der Waals surface area contributed by atoms with Crippen LogP contribution in [0, 0.1) is 12.8 Å². The van der Waals surface area contributed by atoms with Gasteiger partial charge in [0.2, 0.25) is 5.95 Å². The predicted octanol–water partition coefficient (Wildman–Crippen LogP) is 4.86. The number of aryl methyl sites for hydroxylation is 1. The molecule has 0 atom stereocenters. The highest BCUT2D eigenvalue weighted by Gasteiger charge is 2.21. The Labute approximate surface area is 218 Å². The van der Waals surface area contributed by atoms with Crippen LogP contribution in [-0.2, 0) is 4.74 Å². The molecule has 4 N–H and O–H groups in total. The van der Waals surface area contributed by atoms with Crippen LogP contribution in [0.3, 0.4) is 0 Å². The van der Waals surface area contributed by atoms with Crippen molar-refractivity contribution >= 4 is 40.6 Å². The number of hydrogen-bond donors (Lipinski definition) is 3. The smallest absolute Gasteiger partial charge is 0.348 e. The highest BCUT2D eigenvalue weighted by atomic mass is 32.1. The van der Waals surface area contributed by atoms with Crippen molar-refractivity contribution in [2.75, 3.05) is 17.2 Å². The maximum absolute atomic E-state index is 12.5. The number of ether oxygens (including phenoxy) is 1. The number of carbonyl (C=O) groups is 1. The van der Waals surface area contributed by atoms with Gasteiger partial charge in [0.05, 0.1) is 12.3 Å². The number of nitrogens with one attached hydrogen (secondary N) is 2. The Balaban J connectivity index is 1.19. The van der Waals surface area contributed by atoms with Crippen molar-refractivity contribution in [3.8, 4) is 11.5 Å². The highest BCUT2D eigenvalue weighted by Crippen LogP contribution is 2.26. The lowest BCUT2D eigenvalue weighted by molar-refractivity contribution is 0.0412. The molecule has 0 aromatic carbocycles. The van der Waals surface area contributed by atoms with E-state index in [2.05, 4.69) is 35.6 Å². The Morgan fingerprint density at radius 3 is 2.62 bits per heavy atom. The highest BCUT2D eigenvalue weighted by molar-refractivity contribution is 7.12. The van der Waals surface area contributed by atoms with Gasteiger partial charge in [0.15, 0.2) is 5.82 Å². The quantitative estimate of drug-likeness (QED) is 0.278. The van der Waals surface area contributed by atoms with Crippen LogP contribution in [0.5, 0.6) is 0 Å². The molecule has 1 aliphatic rings. The summed E-state index contributed by atoms with van der Waals surface area (Å²) in [5.41, 5.74) is 8.26. The molecule has 1 fully saturated rings. The van der Waals surface area contributed by atoms with Gasteiger partial charge >= 0.3 is 5.97 Å². The van der Waals surface area contributed by atoms with E-state index in [-0.39, 0.29) is 12.0 Å². The van der Waals surface area contributed by atoms with Crippen LogP contribution in [0.15, 0.2) is 54.2 Å². The molecular weight excluding hydrogens is 488 g/mol. The zero-order valence-electron chi connectivity index (χ0n) is 20.4. The van der Waals surface area contributed by atoms with Crippen LogP contribution in [0.25, 0.3) is 11.5 Å². The fourth-order valence-corrected chi connectivity index (χ4v) is 4.83. The first kappa shape index (κ1) is 24.7. The van der Waals surface area contributed by atoms with Gasteiger partial charge in [-0.15, -0.1) is 11.3 Å². The zero-order chi connectivity index (χ0) is 25.6. The van der Waals surface area contributed by atoms with Gasteiger partial charge in [-0.05, 0) is 68.9 Å². The minimum absolute atomic E-state index is 0.281. The van der Waals surface area contributed by atoms with Crippen molar-refractivity contribution in [1.29, 1.82) is 0 Å². The maximum Gasteiger partial charge on any atom is 0.348 e. The summed E-state index contributed by atoms with van der Waals surface area (Å²) in [6.45, 7) is 2.36. The molecule has 0 aliphatic heterocycles. The first-order chi connectivity index (χ1) is 18.0. The van der Waals surface area contributed by atoms with Gasteiger partial charge in [0.25, 0.3) is 0 Å². The van der Waals surface area contributed by atoms with Crippen LogP contribution in [0.4, 0.5) is 23.3 Å². The topological polar surface area (TPSA) is 141 Å². The summed E-state index contributed by atoms with van der Waals surface area (Å²) < 4.78 is 5.55. The van der Waals surface area contributed by atoms with Crippen molar-refractivity contribution in [3.63, 3.8) is 0 Å². The summed E-state index contributed by atoms with van der Waals surface area (Å²) in [6.07, 6.45) is 7.31. The molecule has 4 heterocycles. The third-order valence-electron chi connectivity index (χ3n) is 6.08. The van der Waals surface area contributed by atoms with E-state index in [0.717, 1.165) is 31.4 Å². The molecule has 0 saturated heterocycles. The summed E-state index contributed by atoms with van der Waals surface area (Å²) in [5.74, 6) is 2.12. The third-order valence-corrected chi connectivity index (χ3v) is 6.99. The SMILES string of the molecule is Cc1cccc(-c2nccc(Nc3ccnc(Nc4csc(C(=O)OC[C@H]5CC[C@@H](N)CC5)c4)n3)n2)n1. The number of nitrogens with two attached hydrogens (primary N) is 1. The van der Waals surface area contributed by atoms with E-state index in [9.17, 15) is 4.79 Å². The van der Waals surface area contributed by atoms with Gasteiger partial charge < -0.3 is 21.1 Å². The van der Waals surface area contributed by atoms with E-state index >= 15 is 0 Å². The lowest BCUT2D eigenvalue weighted by atomic mass is 9.87. The van der Waals surface area contributed by atoms with Crippen LogP contribution in [0.1, 0.15) is 41.0 Å². The minimum Gasteiger partial charge on any atom is -0.461 e. The zero-order valence-corrected chi connectivity index (χ0v) is 21.2. The Bertz CT molecular complexity index is 1370. The standard InChI is InChI=1S/C26H28N8O2S/c1-16-3-2-4-20(30-16)24-28-11-9-22(33-24)32-23-10-12-29-26(34-23)31-19-13-21(37-15-19)25(35)36-14-17-5-7-18(27)8-6-17/h2-4,9-13,15,17-18H,5-8,14,27H2,1H3,(H2,28,29,31,32,33,34)/t17-,18+. The number of esters is 1. The molecule has 37 heavy (non-hydrogen) atoms. The Morgan fingerprint density at radius 2 is 1.81 bits per heavy atom. The second-order valence-corrected chi connectivity index (χ2v) is 9.94. The first-order valence-corrected chi connectivity index (χ1v) is 13.1. The molecule has 0 spiro atoms. The van der Waals surface area contributed by atoms with Crippen molar-refractivity contribution in [2.45, 2.75) is 38.6 Å². The number of anilines is 4. The molecule has 190 valence electrons. The van der Waals surface area contributed by atoms with Gasteiger partial charge in [-0.2, -0.15) is 4.98 Å². The Morgan fingerprint density at radius 1 is 1.03 bits per heavy atom. The minimum atomic E-state index is -0.313. The molecule has 0 amide bonds. The predicted molar refractivity (Wildman–Crippen MR) is 143 cm³/mol. The van der Waals surface area contributed by atoms with Gasteiger partial charge in [-0.3, -0.25) is 0 Å². The maximum atomic E-state index is 12.5. The lowest BCUT2D eigenvalue weighted by Gasteiger charge is -2.25. The second kappa shape index (κ2) is 11.4. The Kier molecular flexibility index (Phi) is 7.62. The van der Waals surface area contributed by atoms with Crippen LogP contribution >= 0.6 is 11.3 Å². The molecule has 0 radical (unpaired) electrons. The molecule has 11 heteroatoms. The summed E-state index contributed by atoms with van der Waals surface area (Å²) in [4.78, 5) is 35.2. The van der Waals surface area contributed by atoms with Crippen LogP contribution in [0.2, 0.25) is 0 Å². The van der Waals surface area contributed by atoms with Gasteiger partial charge in [-0.25, -0.2) is 24.7 Å².